The first-order valence-corrected chi connectivity index (χ1v) is 12.3. The van der Waals surface area contributed by atoms with E-state index in [1.165, 1.54) is 16.7 Å². The Morgan fingerprint density at radius 2 is 1.84 bits per heavy atom. The van der Waals surface area contributed by atoms with E-state index in [1.807, 2.05) is 0 Å². The average Bonchev–Trinajstić information content (AvgIpc) is 3.20. The molecule has 1 aliphatic rings. The van der Waals surface area contributed by atoms with Crippen molar-refractivity contribution >= 4 is 11.2 Å². The van der Waals surface area contributed by atoms with Gasteiger partial charge >= 0.3 is 5.69 Å². The van der Waals surface area contributed by atoms with Crippen molar-refractivity contribution in [2.45, 2.75) is 58.3 Å². The lowest BCUT2D eigenvalue weighted by molar-refractivity contribution is 0.114. The molecule has 0 saturated heterocycles. The lowest BCUT2D eigenvalue weighted by Crippen LogP contribution is -2.40. The summed E-state index contributed by atoms with van der Waals surface area (Å²) in [7, 11) is 0. The summed E-state index contributed by atoms with van der Waals surface area (Å²) in [6.07, 6.45) is 5.04. The second-order valence-corrected chi connectivity index (χ2v) is 9.09. The second-order valence-electron chi connectivity index (χ2n) is 9.09. The summed E-state index contributed by atoms with van der Waals surface area (Å²) >= 11 is 0. The van der Waals surface area contributed by atoms with Gasteiger partial charge in [0.15, 0.2) is 11.2 Å². The van der Waals surface area contributed by atoms with Crippen molar-refractivity contribution in [1.82, 2.24) is 23.7 Å². The molecular weight excluding hydrogens is 484 g/mol. The predicted octanol–water partition coefficient (Wildman–Crippen LogP) is 3.08. The summed E-state index contributed by atoms with van der Waals surface area (Å²) in [5, 5.41) is 9.27. The number of hydrogen-bond acceptors (Lipinski definition) is 6. The molecule has 0 atom stereocenters. The number of aliphatic hydroxyl groups excluding tert-OH is 1. The quantitative estimate of drug-likeness (QED) is 0.370. The summed E-state index contributed by atoms with van der Waals surface area (Å²) in [5.41, 5.74) is -0.0132. The fourth-order valence-electron chi connectivity index (χ4n) is 4.50. The maximum Gasteiger partial charge on any atom is 0.332 e. The number of halogens is 2. The first-order valence-electron chi connectivity index (χ1n) is 12.3. The Bertz CT molecular complexity index is 1530. The minimum absolute atomic E-state index is 0.0218. The first kappa shape index (κ1) is 24.8. The minimum atomic E-state index is -0.744. The van der Waals surface area contributed by atoms with Gasteiger partial charge in [-0.25, -0.2) is 23.5 Å². The van der Waals surface area contributed by atoms with Gasteiger partial charge in [-0.3, -0.25) is 13.9 Å². The molecule has 11 heteroatoms. The van der Waals surface area contributed by atoms with Crippen LogP contribution >= 0.6 is 0 Å². The molecule has 0 spiro atoms. The molecule has 5 rings (SSSR count). The van der Waals surface area contributed by atoms with Crippen LogP contribution in [0.1, 0.15) is 38.2 Å². The Morgan fingerprint density at radius 3 is 2.43 bits per heavy atom. The van der Waals surface area contributed by atoms with E-state index in [4.69, 9.17) is 4.74 Å². The summed E-state index contributed by atoms with van der Waals surface area (Å²) in [4.78, 5) is 35.7. The maximum atomic E-state index is 14.0. The normalized spacial score (nSPS) is 13.7. The molecule has 1 aromatic carbocycles. The Labute approximate surface area is 210 Å². The van der Waals surface area contributed by atoms with Crippen LogP contribution in [-0.4, -0.2) is 41.5 Å². The van der Waals surface area contributed by atoms with Crippen molar-refractivity contribution in [2.24, 2.45) is 0 Å². The van der Waals surface area contributed by atoms with Crippen molar-refractivity contribution in [2.75, 3.05) is 6.61 Å². The largest absolute Gasteiger partial charge is 0.474 e. The Morgan fingerprint density at radius 1 is 1.08 bits per heavy atom. The van der Waals surface area contributed by atoms with Gasteiger partial charge in [-0.15, -0.1) is 0 Å². The van der Waals surface area contributed by atoms with Crippen LogP contribution in [0.25, 0.3) is 22.6 Å². The topological polar surface area (TPSA) is 104 Å². The number of aromatic nitrogens is 5. The molecule has 1 aliphatic carbocycles. The maximum absolute atomic E-state index is 14.0. The molecular formula is C26H27F2N5O4. The van der Waals surface area contributed by atoms with E-state index in [1.54, 1.807) is 29.8 Å². The second kappa shape index (κ2) is 10.3. The predicted molar refractivity (Wildman–Crippen MR) is 133 cm³/mol. The fourth-order valence-corrected chi connectivity index (χ4v) is 4.50. The van der Waals surface area contributed by atoms with Crippen molar-refractivity contribution < 1.29 is 18.6 Å². The van der Waals surface area contributed by atoms with E-state index >= 15 is 0 Å². The summed E-state index contributed by atoms with van der Waals surface area (Å²) in [6.45, 7) is 1.76. The van der Waals surface area contributed by atoms with Gasteiger partial charge in [-0.1, -0.05) is 0 Å². The lowest BCUT2D eigenvalue weighted by Gasteiger charge is -2.25. The number of ether oxygens (including phenoxy) is 1. The van der Waals surface area contributed by atoms with E-state index < -0.39 is 22.9 Å². The zero-order valence-electron chi connectivity index (χ0n) is 20.4. The van der Waals surface area contributed by atoms with E-state index in [0.717, 1.165) is 29.9 Å². The molecule has 194 valence electrons. The molecule has 3 heterocycles. The van der Waals surface area contributed by atoms with Crippen LogP contribution in [0, 0.1) is 11.6 Å². The average molecular weight is 512 g/mol. The number of benzene rings is 1. The van der Waals surface area contributed by atoms with Crippen LogP contribution in [0.3, 0.4) is 0 Å². The Kier molecular flexibility index (Phi) is 6.88. The summed E-state index contributed by atoms with van der Waals surface area (Å²) < 4.78 is 37.8. The van der Waals surface area contributed by atoms with Gasteiger partial charge < -0.3 is 14.4 Å². The standard InChI is InChI=1S/C26H27F2N5O4/c1-2-31-24-22(25(35)32(26(31)36)9-4-10-34)33(15-16-11-18(27)13-19(28)12-16)23(30-24)17-7-8-21(29-14-17)37-20-5-3-6-20/h7-8,11-14,20,34H,2-6,9-10,15H2,1H3. The van der Waals surface area contributed by atoms with Gasteiger partial charge in [0, 0.05) is 43.6 Å². The van der Waals surface area contributed by atoms with Gasteiger partial charge in [0.05, 0.1) is 6.54 Å². The van der Waals surface area contributed by atoms with E-state index in [2.05, 4.69) is 9.97 Å². The lowest BCUT2D eigenvalue weighted by atomic mass is 9.96. The molecule has 9 nitrogen and oxygen atoms in total. The molecule has 0 aliphatic heterocycles. The highest BCUT2D eigenvalue weighted by Crippen LogP contribution is 2.27. The van der Waals surface area contributed by atoms with Crippen LogP contribution in [0.5, 0.6) is 5.88 Å². The molecule has 3 aromatic heterocycles. The molecule has 0 amide bonds. The third kappa shape index (κ3) is 4.78. The number of aliphatic hydroxyl groups is 1. The van der Waals surface area contributed by atoms with Gasteiger partial charge in [0.1, 0.15) is 23.6 Å². The number of pyridine rings is 1. The van der Waals surface area contributed by atoms with Crippen LogP contribution in [0.4, 0.5) is 8.78 Å². The minimum Gasteiger partial charge on any atom is -0.474 e. The van der Waals surface area contributed by atoms with Crippen LogP contribution in [0.15, 0.2) is 46.1 Å². The van der Waals surface area contributed by atoms with Crippen molar-refractivity contribution in [3.63, 3.8) is 0 Å². The van der Waals surface area contributed by atoms with E-state index in [9.17, 15) is 23.5 Å². The van der Waals surface area contributed by atoms with Crippen LogP contribution in [0.2, 0.25) is 0 Å². The van der Waals surface area contributed by atoms with Gasteiger partial charge in [0.2, 0.25) is 5.88 Å². The molecule has 1 saturated carbocycles. The number of nitrogens with zero attached hydrogens (tertiary/aromatic N) is 5. The van der Waals surface area contributed by atoms with E-state index in [-0.39, 0.29) is 55.5 Å². The molecule has 1 N–H and O–H groups in total. The fraction of sp³-hybridized carbons (Fsp3) is 0.385. The van der Waals surface area contributed by atoms with Crippen LogP contribution in [-0.2, 0) is 19.6 Å². The Balaban J connectivity index is 1.70. The number of imidazole rings is 1. The van der Waals surface area contributed by atoms with Gasteiger partial charge in [-0.2, -0.15) is 0 Å². The third-order valence-corrected chi connectivity index (χ3v) is 6.57. The highest BCUT2D eigenvalue weighted by molar-refractivity contribution is 5.77. The van der Waals surface area contributed by atoms with Crippen molar-refractivity contribution in [3.05, 3.63) is 74.6 Å². The molecule has 1 fully saturated rings. The molecule has 0 unspecified atom stereocenters. The SMILES string of the molecule is CCn1c(=O)n(CCCO)c(=O)c2c1nc(-c1ccc(OC3CCC3)nc1)n2Cc1cc(F)cc(F)c1. The highest BCUT2D eigenvalue weighted by atomic mass is 19.1. The molecule has 0 bridgehead atoms. The van der Waals surface area contributed by atoms with Gasteiger partial charge in [-0.05, 0) is 56.4 Å². The number of aryl methyl sites for hydroxylation is 1. The van der Waals surface area contributed by atoms with Crippen LogP contribution < -0.4 is 16.0 Å². The smallest absolute Gasteiger partial charge is 0.332 e. The molecule has 37 heavy (non-hydrogen) atoms. The Hall–Kier alpha value is -3.86. The molecule has 4 aromatic rings. The number of rotatable bonds is 9. The van der Waals surface area contributed by atoms with Gasteiger partial charge in [0.25, 0.3) is 5.56 Å². The number of hydrogen-bond donors (Lipinski definition) is 1. The highest BCUT2D eigenvalue weighted by Gasteiger charge is 2.23. The number of fused-ring (bicyclic) bond motifs is 1. The molecule has 0 radical (unpaired) electrons. The third-order valence-electron chi connectivity index (χ3n) is 6.57. The first-order chi connectivity index (χ1) is 17.9. The summed E-state index contributed by atoms with van der Waals surface area (Å²) in [6, 6.07) is 6.62. The van der Waals surface area contributed by atoms with E-state index in [0.29, 0.717) is 17.3 Å². The monoisotopic (exact) mass is 511 g/mol. The van der Waals surface area contributed by atoms with Crippen molar-refractivity contribution in [1.29, 1.82) is 0 Å². The zero-order valence-corrected chi connectivity index (χ0v) is 20.4. The summed E-state index contributed by atoms with van der Waals surface area (Å²) in [5.74, 6) is -0.696. The zero-order chi connectivity index (χ0) is 26.1. The van der Waals surface area contributed by atoms with Crippen molar-refractivity contribution in [3.8, 4) is 17.3 Å².